The topological polar surface area (TPSA) is 16.1 Å². The Morgan fingerprint density at radius 2 is 1.95 bits per heavy atom. The number of nitrogens with zero attached hydrogens (tertiary/aromatic N) is 2. The van der Waals surface area contributed by atoms with Gasteiger partial charge in [0.15, 0.2) is 0 Å². The highest BCUT2D eigenvalue weighted by atomic mass is 15.2. The fourth-order valence-electron chi connectivity index (χ4n) is 3.23. The van der Waals surface area contributed by atoms with E-state index in [0.717, 1.165) is 13.0 Å². The molecule has 2 nitrogen and oxygen atoms in total. The third-order valence-corrected chi connectivity index (χ3v) is 4.35. The summed E-state index contributed by atoms with van der Waals surface area (Å²) < 4.78 is 0. The smallest absolute Gasteiger partial charge is 0.0351 e. The zero-order chi connectivity index (χ0) is 13.8. The molecule has 1 fully saturated rings. The van der Waals surface area contributed by atoms with Crippen molar-refractivity contribution in [2.24, 2.45) is 0 Å². The number of benzene rings is 1. The minimum absolute atomic E-state index is 0.609. The highest BCUT2D eigenvalue weighted by Gasteiger charge is 2.26. The lowest BCUT2D eigenvalue weighted by molar-refractivity contribution is 0.260. The van der Waals surface area contributed by atoms with Gasteiger partial charge in [-0.2, -0.15) is 0 Å². The Morgan fingerprint density at radius 1 is 1.15 bits per heavy atom. The zero-order valence-corrected chi connectivity index (χ0v) is 12.1. The highest BCUT2D eigenvalue weighted by molar-refractivity contribution is 5.29. The van der Waals surface area contributed by atoms with E-state index >= 15 is 0 Å². The average molecular weight is 266 g/mol. The molecule has 1 unspecified atom stereocenters. The molecular weight excluding hydrogens is 244 g/mol. The zero-order valence-electron chi connectivity index (χ0n) is 12.1. The molecule has 2 heteroatoms. The van der Waals surface area contributed by atoms with Crippen molar-refractivity contribution >= 4 is 0 Å². The maximum absolute atomic E-state index is 4.09. The summed E-state index contributed by atoms with van der Waals surface area (Å²) in [5.74, 6) is 0. The van der Waals surface area contributed by atoms with Crippen molar-refractivity contribution in [3.05, 3.63) is 65.5 Å². The average Bonchev–Trinajstić information content (AvgIpc) is 2.95. The largest absolute Gasteiger partial charge is 0.296 e. The van der Waals surface area contributed by atoms with E-state index in [1.165, 1.54) is 36.1 Å². The summed E-state index contributed by atoms with van der Waals surface area (Å²) in [6.07, 6.45) is 7.50. The third kappa shape index (κ3) is 2.91. The Hall–Kier alpha value is -1.67. The molecule has 104 valence electrons. The van der Waals surface area contributed by atoms with Crippen molar-refractivity contribution in [1.29, 1.82) is 0 Å². The van der Waals surface area contributed by atoms with E-state index in [4.69, 9.17) is 0 Å². The van der Waals surface area contributed by atoms with E-state index in [-0.39, 0.29) is 0 Å². The molecule has 3 rings (SSSR count). The molecule has 1 aromatic heterocycles. The lowest BCUT2D eigenvalue weighted by Gasteiger charge is -2.26. The Balaban J connectivity index is 1.69. The van der Waals surface area contributed by atoms with Crippen LogP contribution in [-0.4, -0.2) is 23.0 Å². The standard InChI is InChI=1S/C18H22N2/c1-15-5-2-3-6-17(15)18-7-4-13-20(18)14-10-16-8-11-19-12-9-16/h2-3,5-6,8-9,11-12,18H,4,7,10,13-14H2,1H3. The van der Waals surface area contributed by atoms with Gasteiger partial charge in [-0.15, -0.1) is 0 Å². The van der Waals surface area contributed by atoms with Crippen LogP contribution in [0.25, 0.3) is 0 Å². The van der Waals surface area contributed by atoms with E-state index < -0.39 is 0 Å². The van der Waals surface area contributed by atoms with Crippen LogP contribution in [-0.2, 0) is 6.42 Å². The van der Waals surface area contributed by atoms with Crippen LogP contribution in [0.5, 0.6) is 0 Å². The molecule has 2 aromatic rings. The van der Waals surface area contributed by atoms with Gasteiger partial charge in [0.1, 0.15) is 0 Å². The predicted molar refractivity (Wildman–Crippen MR) is 82.7 cm³/mol. The van der Waals surface area contributed by atoms with E-state index in [1.54, 1.807) is 0 Å². The first kappa shape index (κ1) is 13.3. The summed E-state index contributed by atoms with van der Waals surface area (Å²) in [5, 5.41) is 0. The van der Waals surface area contributed by atoms with Gasteiger partial charge in [-0.1, -0.05) is 24.3 Å². The van der Waals surface area contributed by atoms with E-state index in [2.05, 4.69) is 53.2 Å². The molecule has 0 bridgehead atoms. The summed E-state index contributed by atoms with van der Waals surface area (Å²) in [6, 6.07) is 13.7. The van der Waals surface area contributed by atoms with Crippen molar-refractivity contribution in [2.75, 3.05) is 13.1 Å². The first-order valence-electron chi connectivity index (χ1n) is 7.53. The summed E-state index contributed by atoms with van der Waals surface area (Å²) in [5.41, 5.74) is 4.32. The van der Waals surface area contributed by atoms with E-state index in [1.807, 2.05) is 12.4 Å². The molecule has 0 amide bonds. The molecule has 2 heterocycles. The second kappa shape index (κ2) is 6.19. The fraction of sp³-hybridized carbons (Fsp3) is 0.389. The monoisotopic (exact) mass is 266 g/mol. The van der Waals surface area contributed by atoms with Gasteiger partial charge in [-0.05, 0) is 61.6 Å². The van der Waals surface area contributed by atoms with Gasteiger partial charge in [0.2, 0.25) is 0 Å². The Labute approximate surface area is 121 Å². The summed E-state index contributed by atoms with van der Waals surface area (Å²) in [7, 11) is 0. The molecule has 0 saturated carbocycles. The van der Waals surface area contributed by atoms with Crippen LogP contribution in [0.2, 0.25) is 0 Å². The molecule has 0 radical (unpaired) electrons. The Bertz CT molecular complexity index is 550. The van der Waals surface area contributed by atoms with Gasteiger partial charge in [-0.3, -0.25) is 9.88 Å². The van der Waals surface area contributed by atoms with Gasteiger partial charge < -0.3 is 0 Å². The number of pyridine rings is 1. The van der Waals surface area contributed by atoms with Gasteiger partial charge >= 0.3 is 0 Å². The minimum Gasteiger partial charge on any atom is -0.296 e. The highest BCUT2D eigenvalue weighted by Crippen LogP contribution is 2.33. The number of aryl methyl sites for hydroxylation is 1. The SMILES string of the molecule is Cc1ccccc1C1CCCN1CCc1ccncc1. The number of rotatable bonds is 4. The molecule has 1 atom stereocenters. The number of aromatic nitrogens is 1. The number of hydrogen-bond acceptors (Lipinski definition) is 2. The van der Waals surface area contributed by atoms with Gasteiger partial charge in [0.25, 0.3) is 0 Å². The van der Waals surface area contributed by atoms with E-state index in [0.29, 0.717) is 6.04 Å². The number of hydrogen-bond donors (Lipinski definition) is 0. The molecule has 0 spiro atoms. The minimum atomic E-state index is 0.609. The van der Waals surface area contributed by atoms with Crippen LogP contribution in [0.4, 0.5) is 0 Å². The van der Waals surface area contributed by atoms with Crippen LogP contribution in [0, 0.1) is 6.92 Å². The number of likely N-dealkylation sites (tertiary alicyclic amines) is 1. The van der Waals surface area contributed by atoms with Crippen molar-refractivity contribution in [3.8, 4) is 0 Å². The summed E-state index contributed by atoms with van der Waals surface area (Å²) in [6.45, 7) is 4.60. The molecule has 1 aliphatic rings. The summed E-state index contributed by atoms with van der Waals surface area (Å²) >= 11 is 0. The van der Waals surface area contributed by atoms with Crippen LogP contribution in [0.15, 0.2) is 48.8 Å². The maximum atomic E-state index is 4.09. The quantitative estimate of drug-likeness (QED) is 0.837. The summed E-state index contributed by atoms with van der Waals surface area (Å²) in [4.78, 5) is 6.73. The Morgan fingerprint density at radius 3 is 2.75 bits per heavy atom. The van der Waals surface area contributed by atoms with Crippen molar-refractivity contribution in [1.82, 2.24) is 9.88 Å². The van der Waals surface area contributed by atoms with Crippen LogP contribution >= 0.6 is 0 Å². The predicted octanol–water partition coefficient (Wildman–Crippen LogP) is 3.77. The third-order valence-electron chi connectivity index (χ3n) is 4.35. The lowest BCUT2D eigenvalue weighted by Crippen LogP contribution is -2.26. The van der Waals surface area contributed by atoms with E-state index in [9.17, 15) is 0 Å². The molecule has 0 aliphatic carbocycles. The van der Waals surface area contributed by atoms with Crippen LogP contribution < -0.4 is 0 Å². The lowest BCUT2D eigenvalue weighted by atomic mass is 9.99. The fourth-order valence-corrected chi connectivity index (χ4v) is 3.23. The van der Waals surface area contributed by atoms with Crippen LogP contribution in [0.1, 0.15) is 35.6 Å². The van der Waals surface area contributed by atoms with Crippen LogP contribution in [0.3, 0.4) is 0 Å². The normalized spacial score (nSPS) is 19.4. The first-order valence-corrected chi connectivity index (χ1v) is 7.53. The second-order valence-corrected chi connectivity index (χ2v) is 5.66. The van der Waals surface area contributed by atoms with Gasteiger partial charge in [0.05, 0.1) is 0 Å². The molecule has 1 saturated heterocycles. The van der Waals surface area contributed by atoms with Crippen molar-refractivity contribution < 1.29 is 0 Å². The molecule has 1 aliphatic heterocycles. The van der Waals surface area contributed by atoms with Gasteiger partial charge in [0, 0.05) is 25.0 Å². The second-order valence-electron chi connectivity index (χ2n) is 5.66. The first-order chi connectivity index (χ1) is 9.84. The molecular formula is C18H22N2. The maximum Gasteiger partial charge on any atom is 0.0351 e. The molecule has 1 aromatic carbocycles. The van der Waals surface area contributed by atoms with Crippen molar-refractivity contribution in [2.45, 2.75) is 32.2 Å². The molecule has 20 heavy (non-hydrogen) atoms. The van der Waals surface area contributed by atoms with Gasteiger partial charge in [-0.25, -0.2) is 0 Å². The molecule has 0 N–H and O–H groups in total. The van der Waals surface area contributed by atoms with Crippen molar-refractivity contribution in [3.63, 3.8) is 0 Å². The Kier molecular flexibility index (Phi) is 4.12.